The van der Waals surface area contributed by atoms with Gasteiger partial charge < -0.3 is 8.97 Å². The van der Waals surface area contributed by atoms with Gasteiger partial charge in [-0.05, 0) is 0 Å². The molecule has 0 aliphatic heterocycles. The van der Waals surface area contributed by atoms with Crippen LogP contribution in [0, 0.1) is 0 Å². The van der Waals surface area contributed by atoms with E-state index in [9.17, 15) is 26.1 Å². The highest BCUT2D eigenvalue weighted by atomic mass is 32.2. The average molecular weight is 308 g/mol. The zero-order chi connectivity index (χ0) is 15.0. The van der Waals surface area contributed by atoms with Crippen molar-refractivity contribution in [2.75, 3.05) is 0 Å². The molecule has 0 amide bonds. The summed E-state index contributed by atoms with van der Waals surface area (Å²) in [4.78, 5) is 3.28. The minimum absolute atomic E-state index is 0.222. The van der Waals surface area contributed by atoms with Gasteiger partial charge in [0.25, 0.3) is 0 Å². The smallest absolute Gasteiger partial charge is 0.436 e. The van der Waals surface area contributed by atoms with Crippen molar-refractivity contribution >= 4 is 10.1 Å². The first-order valence-corrected chi connectivity index (χ1v) is 6.69. The summed E-state index contributed by atoms with van der Waals surface area (Å²) in [5.74, 6) is -1.03. The van der Waals surface area contributed by atoms with E-state index < -0.39 is 27.9 Å². The predicted octanol–water partition coefficient (Wildman–Crippen LogP) is 1.15. The summed E-state index contributed by atoms with van der Waals surface area (Å²) in [6.07, 6.45) is -1.67. The Balaban J connectivity index is 2.24. The van der Waals surface area contributed by atoms with Crippen LogP contribution in [-0.4, -0.2) is 18.0 Å². The molecule has 2 aromatic heterocycles. The van der Waals surface area contributed by atoms with Gasteiger partial charge in [-0.3, -0.25) is 0 Å². The summed E-state index contributed by atoms with van der Waals surface area (Å²) in [7, 11) is -4.44. The standard InChI is InChI=1S/C10H7F3N2O4S/c11-10(12,13)8-5-19-9(14-8)7-1-3-15(4-2-7)6-20(16,17)18/h1-5H,6H2. The number of alkyl halides is 3. The van der Waals surface area contributed by atoms with E-state index >= 15 is 0 Å². The van der Waals surface area contributed by atoms with Gasteiger partial charge in [0.05, 0.1) is 0 Å². The Labute approximate surface area is 111 Å². The molecule has 0 N–H and O–H groups in total. The molecule has 0 aromatic carbocycles. The van der Waals surface area contributed by atoms with Crippen molar-refractivity contribution in [1.29, 1.82) is 0 Å². The third kappa shape index (κ3) is 3.54. The molecule has 2 heterocycles. The molecule has 6 nitrogen and oxygen atoms in total. The average Bonchev–Trinajstić information content (AvgIpc) is 2.76. The molecule has 0 fully saturated rings. The van der Waals surface area contributed by atoms with E-state index in [-0.39, 0.29) is 11.5 Å². The predicted molar refractivity (Wildman–Crippen MR) is 56.8 cm³/mol. The van der Waals surface area contributed by atoms with Gasteiger partial charge in [-0.1, -0.05) is 0 Å². The molecule has 108 valence electrons. The Morgan fingerprint density at radius 1 is 1.30 bits per heavy atom. The lowest BCUT2D eigenvalue weighted by atomic mass is 10.3. The number of hydrogen-bond acceptors (Lipinski definition) is 5. The minimum atomic E-state index is -4.60. The highest BCUT2D eigenvalue weighted by Gasteiger charge is 2.34. The van der Waals surface area contributed by atoms with Gasteiger partial charge in [-0.2, -0.15) is 17.7 Å². The molecule has 0 unspecified atom stereocenters. The lowest BCUT2D eigenvalue weighted by Crippen LogP contribution is -2.36. The van der Waals surface area contributed by atoms with Crippen LogP contribution < -0.4 is 4.57 Å². The van der Waals surface area contributed by atoms with Gasteiger partial charge >= 0.3 is 6.18 Å². The summed E-state index contributed by atoms with van der Waals surface area (Å²) in [5.41, 5.74) is -0.939. The highest BCUT2D eigenvalue weighted by molar-refractivity contribution is 7.84. The van der Waals surface area contributed by atoms with E-state index in [1.807, 2.05) is 0 Å². The number of nitrogens with zero attached hydrogens (tertiary/aromatic N) is 2. The van der Waals surface area contributed by atoms with Crippen LogP contribution in [0.3, 0.4) is 0 Å². The van der Waals surface area contributed by atoms with Crippen LogP contribution in [0.1, 0.15) is 5.69 Å². The second-order valence-corrected chi connectivity index (χ2v) is 5.20. The van der Waals surface area contributed by atoms with Crippen LogP contribution in [0.4, 0.5) is 13.2 Å². The zero-order valence-corrected chi connectivity index (χ0v) is 10.5. The molecule has 0 radical (unpaired) electrons. The van der Waals surface area contributed by atoms with Crippen molar-refractivity contribution in [1.82, 2.24) is 4.98 Å². The Morgan fingerprint density at radius 3 is 2.35 bits per heavy atom. The fraction of sp³-hybridized carbons (Fsp3) is 0.200. The quantitative estimate of drug-likeness (QED) is 0.627. The van der Waals surface area contributed by atoms with Crippen LogP contribution in [0.15, 0.2) is 35.2 Å². The largest absolute Gasteiger partial charge is 0.743 e. The Kier molecular flexibility index (Phi) is 3.52. The number of hydrogen-bond donors (Lipinski definition) is 0. The van der Waals surface area contributed by atoms with Gasteiger partial charge in [0.15, 0.2) is 28.2 Å². The third-order valence-corrected chi connectivity index (χ3v) is 2.85. The molecule has 0 saturated carbocycles. The van der Waals surface area contributed by atoms with E-state index in [0.717, 1.165) is 4.57 Å². The normalized spacial score (nSPS) is 12.6. The summed E-state index contributed by atoms with van der Waals surface area (Å²) < 4.78 is 74.4. The topological polar surface area (TPSA) is 87.1 Å². The molecule has 0 aliphatic carbocycles. The molecule has 0 bridgehead atoms. The maximum atomic E-state index is 12.3. The summed E-state index contributed by atoms with van der Waals surface area (Å²) >= 11 is 0. The Hall–Kier alpha value is -1.94. The summed E-state index contributed by atoms with van der Waals surface area (Å²) in [6.45, 7) is 0. The van der Waals surface area contributed by atoms with E-state index in [1.165, 1.54) is 24.5 Å². The van der Waals surface area contributed by atoms with E-state index in [1.54, 1.807) is 0 Å². The highest BCUT2D eigenvalue weighted by Crippen LogP contribution is 2.30. The van der Waals surface area contributed by atoms with Crippen molar-refractivity contribution in [2.24, 2.45) is 0 Å². The van der Waals surface area contributed by atoms with Gasteiger partial charge in [-0.15, -0.1) is 0 Å². The molecule has 0 aliphatic rings. The van der Waals surface area contributed by atoms with Crippen molar-refractivity contribution in [2.45, 2.75) is 12.1 Å². The van der Waals surface area contributed by atoms with Crippen molar-refractivity contribution in [3.05, 3.63) is 36.5 Å². The first-order valence-electron chi connectivity index (χ1n) is 5.11. The monoisotopic (exact) mass is 308 g/mol. The first kappa shape index (κ1) is 14.5. The molecule has 0 atom stereocenters. The van der Waals surface area contributed by atoms with Crippen LogP contribution in [-0.2, 0) is 22.2 Å². The molecule has 0 saturated heterocycles. The maximum absolute atomic E-state index is 12.3. The number of aromatic nitrogens is 2. The fourth-order valence-electron chi connectivity index (χ4n) is 1.41. The van der Waals surface area contributed by atoms with Gasteiger partial charge in [0.2, 0.25) is 11.8 Å². The van der Waals surface area contributed by atoms with Crippen LogP contribution >= 0.6 is 0 Å². The Morgan fingerprint density at radius 2 is 1.90 bits per heavy atom. The third-order valence-electron chi connectivity index (χ3n) is 2.24. The zero-order valence-electron chi connectivity index (χ0n) is 9.66. The van der Waals surface area contributed by atoms with Crippen LogP contribution in [0.25, 0.3) is 11.5 Å². The van der Waals surface area contributed by atoms with Crippen molar-refractivity contribution < 1.29 is 35.1 Å². The second-order valence-electron chi connectivity index (χ2n) is 3.82. The van der Waals surface area contributed by atoms with Gasteiger partial charge in [-0.25, -0.2) is 13.4 Å². The van der Waals surface area contributed by atoms with Crippen LogP contribution in [0.5, 0.6) is 0 Å². The van der Waals surface area contributed by atoms with Crippen molar-refractivity contribution in [3.8, 4) is 11.5 Å². The summed E-state index contributed by atoms with van der Waals surface area (Å²) in [5, 5.41) is 0. The molecular formula is C10H7F3N2O4S. The minimum Gasteiger partial charge on any atom is -0.743 e. The van der Waals surface area contributed by atoms with Crippen LogP contribution in [0.2, 0.25) is 0 Å². The SMILES string of the molecule is O=S(=O)([O-])C[n+]1ccc(-c2nc(C(F)(F)F)co2)cc1. The van der Waals surface area contributed by atoms with Crippen molar-refractivity contribution in [3.63, 3.8) is 0 Å². The number of rotatable bonds is 3. The molecule has 0 spiro atoms. The van der Waals surface area contributed by atoms with E-state index in [2.05, 4.69) is 4.98 Å². The molecule has 10 heteroatoms. The van der Waals surface area contributed by atoms with E-state index in [4.69, 9.17) is 4.42 Å². The lowest BCUT2D eigenvalue weighted by Gasteiger charge is -2.02. The molecular weight excluding hydrogens is 301 g/mol. The molecule has 2 aromatic rings. The second kappa shape index (κ2) is 4.87. The first-order chi connectivity index (χ1) is 9.15. The Bertz CT molecular complexity index is 707. The molecule has 20 heavy (non-hydrogen) atoms. The van der Waals surface area contributed by atoms with Gasteiger partial charge in [0, 0.05) is 17.7 Å². The number of oxazole rings is 1. The fourth-order valence-corrected chi connectivity index (χ4v) is 1.94. The van der Waals surface area contributed by atoms with E-state index in [0.29, 0.717) is 6.26 Å². The van der Waals surface area contributed by atoms with Gasteiger partial charge in [0.1, 0.15) is 6.26 Å². The molecule has 2 rings (SSSR count). The maximum Gasteiger partial charge on any atom is 0.436 e. The number of pyridine rings is 1. The lowest BCUT2D eigenvalue weighted by molar-refractivity contribution is -0.678. The number of halogens is 3. The summed E-state index contributed by atoms with van der Waals surface area (Å²) in [6, 6.07) is 2.58.